The van der Waals surface area contributed by atoms with E-state index in [9.17, 15) is 0 Å². The second-order valence-electron chi connectivity index (χ2n) is 4.32. The van der Waals surface area contributed by atoms with Gasteiger partial charge in [0.2, 0.25) is 0 Å². The second kappa shape index (κ2) is 7.01. The van der Waals surface area contributed by atoms with Gasteiger partial charge in [0.1, 0.15) is 11.5 Å². The Balaban J connectivity index is 2.24. The van der Waals surface area contributed by atoms with Crippen LogP contribution in [-0.2, 0) is 5.88 Å². The van der Waals surface area contributed by atoms with E-state index in [2.05, 4.69) is 0 Å². The fourth-order valence-electron chi connectivity index (χ4n) is 1.87. The summed E-state index contributed by atoms with van der Waals surface area (Å²) in [6.07, 6.45) is 4.05. The van der Waals surface area contributed by atoms with Crippen molar-refractivity contribution < 1.29 is 9.47 Å². The van der Waals surface area contributed by atoms with Gasteiger partial charge >= 0.3 is 0 Å². The summed E-state index contributed by atoms with van der Waals surface area (Å²) < 4.78 is 10.6. The molecule has 20 heavy (non-hydrogen) atoms. The van der Waals surface area contributed by atoms with Crippen LogP contribution in [-0.4, -0.2) is 14.2 Å². The van der Waals surface area contributed by atoms with Crippen LogP contribution in [0, 0.1) is 0 Å². The van der Waals surface area contributed by atoms with E-state index in [1.165, 1.54) is 0 Å². The van der Waals surface area contributed by atoms with E-state index in [1.54, 1.807) is 14.2 Å². The maximum atomic E-state index is 5.78. The molecule has 3 heteroatoms. The molecule has 0 aromatic heterocycles. The number of methoxy groups -OCH3 is 2. The Kier molecular flexibility index (Phi) is 5.08. The van der Waals surface area contributed by atoms with Gasteiger partial charge in [0.15, 0.2) is 0 Å². The summed E-state index contributed by atoms with van der Waals surface area (Å²) in [5, 5.41) is 0. The van der Waals surface area contributed by atoms with Crippen LogP contribution in [0.4, 0.5) is 0 Å². The van der Waals surface area contributed by atoms with Crippen LogP contribution >= 0.6 is 11.6 Å². The lowest BCUT2D eigenvalue weighted by Crippen LogP contribution is -1.89. The summed E-state index contributed by atoms with van der Waals surface area (Å²) in [5.74, 6) is 2.16. The number of ether oxygens (including phenoxy) is 2. The van der Waals surface area contributed by atoms with E-state index >= 15 is 0 Å². The number of benzene rings is 2. The first-order valence-corrected chi connectivity index (χ1v) is 6.85. The normalized spacial score (nSPS) is 10.8. The third kappa shape index (κ3) is 3.55. The molecule has 2 rings (SSSR count). The lowest BCUT2D eigenvalue weighted by atomic mass is 10.1. The third-order valence-electron chi connectivity index (χ3n) is 3.03. The van der Waals surface area contributed by atoms with Crippen LogP contribution in [0.3, 0.4) is 0 Å². The molecule has 0 aliphatic carbocycles. The minimum Gasteiger partial charge on any atom is -0.497 e. The largest absolute Gasteiger partial charge is 0.497 e. The van der Waals surface area contributed by atoms with Crippen LogP contribution in [0.15, 0.2) is 42.5 Å². The molecular formula is C17H17ClO2. The van der Waals surface area contributed by atoms with Gasteiger partial charge in [-0.3, -0.25) is 0 Å². The van der Waals surface area contributed by atoms with Crippen molar-refractivity contribution in [2.75, 3.05) is 14.2 Å². The number of rotatable bonds is 5. The predicted molar refractivity (Wildman–Crippen MR) is 84.5 cm³/mol. The molecule has 0 bridgehead atoms. The molecule has 0 aliphatic heterocycles. The first-order chi connectivity index (χ1) is 9.76. The van der Waals surface area contributed by atoms with Gasteiger partial charge in [-0.15, -0.1) is 11.6 Å². The zero-order chi connectivity index (χ0) is 14.4. The maximum absolute atomic E-state index is 5.78. The first-order valence-electron chi connectivity index (χ1n) is 6.32. The van der Waals surface area contributed by atoms with Crippen LogP contribution in [0.2, 0.25) is 0 Å². The Labute approximate surface area is 124 Å². The highest BCUT2D eigenvalue weighted by molar-refractivity contribution is 6.17. The SMILES string of the molecule is COc1ccc(OC)c(C=Cc2ccc(CCl)cc2)c1. The Morgan fingerprint density at radius 3 is 2.30 bits per heavy atom. The van der Waals surface area contributed by atoms with E-state index in [0.717, 1.165) is 28.2 Å². The Bertz CT molecular complexity index is 588. The smallest absolute Gasteiger partial charge is 0.126 e. The standard InChI is InChI=1S/C17H17ClO2/c1-19-16-9-10-17(20-2)15(11-16)8-7-13-3-5-14(12-18)6-4-13/h3-11H,12H2,1-2H3. The average molecular weight is 289 g/mol. The van der Waals surface area contributed by atoms with Crippen molar-refractivity contribution in [2.24, 2.45) is 0 Å². The molecule has 2 aromatic rings. The number of halogens is 1. The van der Waals surface area contributed by atoms with Gasteiger partial charge in [0.25, 0.3) is 0 Å². The summed E-state index contributed by atoms with van der Waals surface area (Å²) in [6, 6.07) is 13.9. The number of hydrogen-bond donors (Lipinski definition) is 0. The lowest BCUT2D eigenvalue weighted by molar-refractivity contribution is 0.402. The Morgan fingerprint density at radius 1 is 0.950 bits per heavy atom. The molecule has 0 aliphatic rings. The van der Waals surface area contributed by atoms with Crippen molar-refractivity contribution in [1.29, 1.82) is 0 Å². The van der Waals surface area contributed by atoms with Gasteiger partial charge in [-0.2, -0.15) is 0 Å². The molecular weight excluding hydrogens is 272 g/mol. The first kappa shape index (κ1) is 14.5. The molecule has 0 radical (unpaired) electrons. The van der Waals surface area contributed by atoms with Gasteiger partial charge in [-0.05, 0) is 29.3 Å². The van der Waals surface area contributed by atoms with Crippen molar-refractivity contribution in [3.05, 3.63) is 59.2 Å². The summed E-state index contributed by atoms with van der Waals surface area (Å²) in [5.41, 5.74) is 3.21. The van der Waals surface area contributed by atoms with Crippen molar-refractivity contribution in [2.45, 2.75) is 5.88 Å². The monoisotopic (exact) mass is 288 g/mol. The predicted octanol–water partition coefficient (Wildman–Crippen LogP) is 4.61. The van der Waals surface area contributed by atoms with Crippen LogP contribution in [0.5, 0.6) is 11.5 Å². The Hall–Kier alpha value is -1.93. The third-order valence-corrected chi connectivity index (χ3v) is 3.33. The second-order valence-corrected chi connectivity index (χ2v) is 4.58. The molecule has 0 fully saturated rings. The average Bonchev–Trinajstić information content (AvgIpc) is 2.53. The van der Waals surface area contributed by atoms with E-state index in [1.807, 2.05) is 54.6 Å². The van der Waals surface area contributed by atoms with Crippen LogP contribution in [0.1, 0.15) is 16.7 Å². The summed E-state index contributed by atoms with van der Waals surface area (Å²) in [6.45, 7) is 0. The molecule has 0 spiro atoms. The quantitative estimate of drug-likeness (QED) is 0.591. The van der Waals surface area contributed by atoms with Crippen molar-refractivity contribution in [1.82, 2.24) is 0 Å². The zero-order valence-corrected chi connectivity index (χ0v) is 12.4. The van der Waals surface area contributed by atoms with E-state index in [-0.39, 0.29) is 0 Å². The van der Waals surface area contributed by atoms with E-state index in [0.29, 0.717) is 5.88 Å². The van der Waals surface area contributed by atoms with Crippen molar-refractivity contribution in [3.8, 4) is 11.5 Å². The van der Waals surface area contributed by atoms with E-state index < -0.39 is 0 Å². The molecule has 0 N–H and O–H groups in total. The zero-order valence-electron chi connectivity index (χ0n) is 11.6. The van der Waals surface area contributed by atoms with Gasteiger partial charge in [0.05, 0.1) is 14.2 Å². The van der Waals surface area contributed by atoms with E-state index in [4.69, 9.17) is 21.1 Å². The summed E-state index contributed by atoms with van der Waals surface area (Å²) in [4.78, 5) is 0. The van der Waals surface area contributed by atoms with Gasteiger partial charge in [-0.25, -0.2) is 0 Å². The van der Waals surface area contributed by atoms with Crippen LogP contribution in [0.25, 0.3) is 12.2 Å². The van der Waals surface area contributed by atoms with Crippen molar-refractivity contribution >= 4 is 23.8 Å². The highest BCUT2D eigenvalue weighted by atomic mass is 35.5. The minimum atomic E-state index is 0.535. The lowest BCUT2D eigenvalue weighted by Gasteiger charge is -2.07. The molecule has 2 aromatic carbocycles. The molecule has 0 saturated heterocycles. The molecule has 2 nitrogen and oxygen atoms in total. The molecule has 0 unspecified atom stereocenters. The highest BCUT2D eigenvalue weighted by Gasteiger charge is 2.01. The van der Waals surface area contributed by atoms with Gasteiger partial charge in [-0.1, -0.05) is 36.4 Å². The summed E-state index contributed by atoms with van der Waals surface area (Å²) in [7, 11) is 3.31. The maximum Gasteiger partial charge on any atom is 0.126 e. The fourth-order valence-corrected chi connectivity index (χ4v) is 2.05. The summed E-state index contributed by atoms with van der Waals surface area (Å²) >= 11 is 5.78. The molecule has 0 atom stereocenters. The molecule has 0 amide bonds. The minimum absolute atomic E-state index is 0.535. The van der Waals surface area contributed by atoms with Crippen molar-refractivity contribution in [3.63, 3.8) is 0 Å². The van der Waals surface area contributed by atoms with Crippen LogP contribution < -0.4 is 9.47 Å². The topological polar surface area (TPSA) is 18.5 Å². The van der Waals surface area contributed by atoms with Gasteiger partial charge in [0, 0.05) is 11.4 Å². The van der Waals surface area contributed by atoms with Gasteiger partial charge < -0.3 is 9.47 Å². The Morgan fingerprint density at radius 2 is 1.70 bits per heavy atom. The molecule has 104 valence electrons. The highest BCUT2D eigenvalue weighted by Crippen LogP contribution is 2.25. The molecule has 0 heterocycles. The number of alkyl halides is 1. The number of hydrogen-bond acceptors (Lipinski definition) is 2. The fraction of sp³-hybridized carbons (Fsp3) is 0.176. The molecule has 0 saturated carbocycles.